The molecule has 0 heterocycles. The van der Waals surface area contributed by atoms with Crippen molar-refractivity contribution in [3.63, 3.8) is 0 Å². The third-order valence-corrected chi connectivity index (χ3v) is 2.95. The summed E-state index contributed by atoms with van der Waals surface area (Å²) in [5, 5.41) is 2.97. The molecule has 2 rings (SSSR count). The summed E-state index contributed by atoms with van der Waals surface area (Å²) in [7, 11) is 1.58. The smallest absolute Gasteiger partial charge is 0.251 e. The number of hydrogen-bond donors (Lipinski definition) is 2. The van der Waals surface area contributed by atoms with Gasteiger partial charge in [0.05, 0.1) is 12.6 Å². The Morgan fingerprint density at radius 2 is 2.31 bits per heavy atom. The Hall–Kier alpha value is -1.55. The van der Waals surface area contributed by atoms with Gasteiger partial charge in [0.15, 0.2) is 0 Å². The molecular weight excluding hydrogens is 204 g/mol. The zero-order valence-corrected chi connectivity index (χ0v) is 9.32. The molecule has 0 spiro atoms. The van der Waals surface area contributed by atoms with Crippen LogP contribution >= 0.6 is 0 Å². The van der Waals surface area contributed by atoms with Gasteiger partial charge < -0.3 is 15.8 Å². The van der Waals surface area contributed by atoms with Gasteiger partial charge in [0.2, 0.25) is 0 Å². The lowest BCUT2D eigenvalue weighted by atomic mass is 10.1. The molecule has 0 saturated heterocycles. The predicted octanol–water partition coefficient (Wildman–Crippen LogP) is 0.916. The van der Waals surface area contributed by atoms with Gasteiger partial charge in [0.1, 0.15) is 5.75 Å². The molecule has 0 radical (unpaired) electrons. The van der Waals surface area contributed by atoms with E-state index in [9.17, 15) is 4.79 Å². The molecule has 1 aliphatic rings. The minimum Gasteiger partial charge on any atom is -0.497 e. The number of methoxy groups -OCH3 is 1. The van der Waals surface area contributed by atoms with Crippen molar-refractivity contribution in [1.82, 2.24) is 5.32 Å². The van der Waals surface area contributed by atoms with E-state index in [2.05, 4.69) is 5.32 Å². The number of nitrogens with two attached hydrogens (primary N) is 1. The van der Waals surface area contributed by atoms with Crippen LogP contribution in [-0.2, 0) is 0 Å². The normalized spacial score (nSPS) is 16.6. The molecule has 1 fully saturated rings. The average Bonchev–Trinajstić information content (AvgIpc) is 3.09. The van der Waals surface area contributed by atoms with Gasteiger partial charge in [-0.3, -0.25) is 4.79 Å². The number of nitrogens with one attached hydrogen (secondary N) is 1. The topological polar surface area (TPSA) is 64.3 Å². The first kappa shape index (κ1) is 11.0. The summed E-state index contributed by atoms with van der Waals surface area (Å²) in [5.74, 6) is 0.604. The molecular formula is C12H16N2O2. The quantitative estimate of drug-likeness (QED) is 0.793. The molecule has 1 amide bonds. The van der Waals surface area contributed by atoms with E-state index >= 15 is 0 Å². The molecule has 0 atom stereocenters. The first-order valence-electron chi connectivity index (χ1n) is 5.36. The van der Waals surface area contributed by atoms with Crippen LogP contribution in [0.3, 0.4) is 0 Å². The van der Waals surface area contributed by atoms with Crippen molar-refractivity contribution < 1.29 is 9.53 Å². The number of carbonyl (C=O) groups excluding carboxylic acids is 1. The van der Waals surface area contributed by atoms with Crippen LogP contribution in [0.5, 0.6) is 5.75 Å². The van der Waals surface area contributed by atoms with Crippen LogP contribution in [-0.4, -0.2) is 25.1 Å². The van der Waals surface area contributed by atoms with E-state index in [4.69, 9.17) is 10.5 Å². The molecule has 4 heteroatoms. The number of amides is 1. The Morgan fingerprint density at radius 3 is 2.88 bits per heavy atom. The zero-order chi connectivity index (χ0) is 11.6. The van der Waals surface area contributed by atoms with E-state index in [-0.39, 0.29) is 11.4 Å². The highest BCUT2D eigenvalue weighted by Crippen LogP contribution is 2.34. The molecule has 1 aliphatic carbocycles. The van der Waals surface area contributed by atoms with Crippen molar-refractivity contribution in [2.45, 2.75) is 18.4 Å². The predicted molar refractivity (Wildman–Crippen MR) is 61.5 cm³/mol. The van der Waals surface area contributed by atoms with Crippen molar-refractivity contribution in [2.24, 2.45) is 5.73 Å². The van der Waals surface area contributed by atoms with Gasteiger partial charge in [-0.05, 0) is 31.0 Å². The fourth-order valence-electron chi connectivity index (χ4n) is 1.61. The average molecular weight is 220 g/mol. The van der Waals surface area contributed by atoms with Crippen molar-refractivity contribution in [1.29, 1.82) is 0 Å². The van der Waals surface area contributed by atoms with E-state index in [0.29, 0.717) is 17.9 Å². The lowest BCUT2D eigenvalue weighted by molar-refractivity contribution is 0.0932. The number of ether oxygens (including phenoxy) is 1. The largest absolute Gasteiger partial charge is 0.497 e. The van der Waals surface area contributed by atoms with Crippen molar-refractivity contribution in [2.75, 3.05) is 13.7 Å². The van der Waals surface area contributed by atoms with Gasteiger partial charge >= 0.3 is 0 Å². The Balaban J connectivity index is 2.08. The summed E-state index contributed by atoms with van der Waals surface area (Å²) in [4.78, 5) is 11.9. The highest BCUT2D eigenvalue weighted by Gasteiger charge is 2.42. The number of carbonyl (C=O) groups is 1. The molecule has 16 heavy (non-hydrogen) atoms. The third kappa shape index (κ3) is 2.17. The summed E-state index contributed by atoms with van der Waals surface area (Å²) >= 11 is 0. The van der Waals surface area contributed by atoms with Gasteiger partial charge in [-0.1, -0.05) is 6.07 Å². The van der Waals surface area contributed by atoms with Crippen LogP contribution in [0.4, 0.5) is 0 Å². The maximum Gasteiger partial charge on any atom is 0.251 e. The molecule has 0 bridgehead atoms. The first-order valence-corrected chi connectivity index (χ1v) is 5.36. The van der Waals surface area contributed by atoms with Crippen molar-refractivity contribution in [3.05, 3.63) is 29.8 Å². The van der Waals surface area contributed by atoms with E-state index in [0.717, 1.165) is 12.8 Å². The fourth-order valence-corrected chi connectivity index (χ4v) is 1.61. The van der Waals surface area contributed by atoms with Gasteiger partial charge in [-0.2, -0.15) is 0 Å². The van der Waals surface area contributed by atoms with Crippen LogP contribution < -0.4 is 15.8 Å². The second-order valence-corrected chi connectivity index (χ2v) is 4.17. The fraction of sp³-hybridized carbons (Fsp3) is 0.417. The molecule has 0 aromatic heterocycles. The Labute approximate surface area is 94.8 Å². The van der Waals surface area contributed by atoms with E-state index < -0.39 is 0 Å². The minimum absolute atomic E-state index is 0.0816. The Kier molecular flexibility index (Phi) is 2.83. The maximum atomic E-state index is 11.9. The SMILES string of the molecule is COc1cccc(C(=O)NC2(CN)CC2)c1. The molecule has 86 valence electrons. The lowest BCUT2D eigenvalue weighted by Crippen LogP contribution is -2.42. The summed E-state index contributed by atoms with van der Waals surface area (Å²) in [6, 6.07) is 7.11. The standard InChI is InChI=1S/C12H16N2O2/c1-16-10-4-2-3-9(7-10)11(15)14-12(8-13)5-6-12/h2-4,7H,5-6,8,13H2,1H3,(H,14,15). The number of benzene rings is 1. The monoisotopic (exact) mass is 220 g/mol. The number of hydrogen-bond acceptors (Lipinski definition) is 3. The summed E-state index contributed by atoms with van der Waals surface area (Å²) in [5.41, 5.74) is 6.07. The van der Waals surface area contributed by atoms with Crippen LogP contribution in [0, 0.1) is 0 Å². The highest BCUT2D eigenvalue weighted by molar-refractivity contribution is 5.95. The second kappa shape index (κ2) is 4.14. The summed E-state index contributed by atoms with van der Waals surface area (Å²) < 4.78 is 5.07. The van der Waals surface area contributed by atoms with Crippen LogP contribution in [0.1, 0.15) is 23.2 Å². The molecule has 0 aliphatic heterocycles. The van der Waals surface area contributed by atoms with Gasteiger partial charge in [0, 0.05) is 12.1 Å². The first-order chi connectivity index (χ1) is 7.69. The van der Waals surface area contributed by atoms with E-state index in [1.165, 1.54) is 0 Å². The maximum absolute atomic E-state index is 11.9. The summed E-state index contributed by atoms with van der Waals surface area (Å²) in [6.45, 7) is 0.503. The Bertz CT molecular complexity index is 400. The van der Waals surface area contributed by atoms with Crippen LogP contribution in [0.15, 0.2) is 24.3 Å². The minimum atomic E-state index is -0.153. The molecule has 0 unspecified atom stereocenters. The molecule has 4 nitrogen and oxygen atoms in total. The molecule has 1 aromatic carbocycles. The lowest BCUT2D eigenvalue weighted by Gasteiger charge is -2.15. The van der Waals surface area contributed by atoms with Gasteiger partial charge in [-0.15, -0.1) is 0 Å². The van der Waals surface area contributed by atoms with Gasteiger partial charge in [0.25, 0.3) is 5.91 Å². The van der Waals surface area contributed by atoms with Crippen molar-refractivity contribution in [3.8, 4) is 5.75 Å². The third-order valence-electron chi connectivity index (χ3n) is 2.95. The highest BCUT2D eigenvalue weighted by atomic mass is 16.5. The molecule has 1 saturated carbocycles. The molecule has 3 N–H and O–H groups in total. The zero-order valence-electron chi connectivity index (χ0n) is 9.32. The van der Waals surface area contributed by atoms with E-state index in [1.54, 1.807) is 25.3 Å². The number of rotatable bonds is 4. The van der Waals surface area contributed by atoms with Crippen LogP contribution in [0.2, 0.25) is 0 Å². The Morgan fingerprint density at radius 1 is 1.56 bits per heavy atom. The second-order valence-electron chi connectivity index (χ2n) is 4.17. The summed E-state index contributed by atoms with van der Waals surface area (Å²) in [6.07, 6.45) is 1.94. The van der Waals surface area contributed by atoms with E-state index in [1.807, 2.05) is 6.07 Å². The van der Waals surface area contributed by atoms with Crippen molar-refractivity contribution >= 4 is 5.91 Å². The van der Waals surface area contributed by atoms with Crippen LogP contribution in [0.25, 0.3) is 0 Å². The van der Waals surface area contributed by atoms with Gasteiger partial charge in [-0.25, -0.2) is 0 Å². The molecule has 1 aromatic rings.